The third-order valence-electron chi connectivity index (χ3n) is 2.84. The second-order valence-corrected chi connectivity index (χ2v) is 5.93. The highest BCUT2D eigenvalue weighted by molar-refractivity contribution is 7.09. The summed E-state index contributed by atoms with van der Waals surface area (Å²) in [5.74, 6) is -1.27. The molecular weight excluding hydrogens is 282 g/mol. The van der Waals surface area contributed by atoms with Crippen molar-refractivity contribution in [1.29, 1.82) is 0 Å². The molecule has 0 amide bonds. The minimum Gasteiger partial charge on any atom is -0.481 e. The van der Waals surface area contributed by atoms with Crippen LogP contribution in [0.15, 0.2) is 29.6 Å². The minimum absolute atomic E-state index is 0.451. The lowest BCUT2D eigenvalue weighted by Gasteiger charge is -2.11. The number of aryl methyl sites for hydroxylation is 1. The molecule has 0 bridgehead atoms. The Hall–Kier alpha value is -1.39. The summed E-state index contributed by atoms with van der Waals surface area (Å²) >= 11 is 7.45. The van der Waals surface area contributed by atoms with Crippen LogP contribution in [-0.4, -0.2) is 16.1 Å². The van der Waals surface area contributed by atoms with E-state index in [2.05, 4.69) is 4.98 Å². The second kappa shape index (κ2) is 6.17. The highest BCUT2D eigenvalue weighted by Crippen LogP contribution is 2.19. The predicted molar refractivity (Wildman–Crippen MR) is 76.8 cm³/mol. The van der Waals surface area contributed by atoms with Gasteiger partial charge in [0.1, 0.15) is 0 Å². The standard InChI is InChI=1S/C14H14ClNO2S/c1-9-16-13(8-19-9)7-11(14(17)18)5-10-3-2-4-12(15)6-10/h2-4,6,8,11H,5,7H2,1H3,(H,17,18). The monoisotopic (exact) mass is 295 g/mol. The van der Waals surface area contributed by atoms with Gasteiger partial charge in [-0.15, -0.1) is 11.3 Å². The van der Waals surface area contributed by atoms with Crippen LogP contribution in [0.1, 0.15) is 16.3 Å². The first kappa shape index (κ1) is 14.0. The summed E-state index contributed by atoms with van der Waals surface area (Å²) in [6, 6.07) is 7.33. The van der Waals surface area contributed by atoms with Crippen molar-refractivity contribution in [2.75, 3.05) is 0 Å². The topological polar surface area (TPSA) is 50.2 Å². The van der Waals surface area contributed by atoms with Gasteiger partial charge in [-0.25, -0.2) is 4.98 Å². The maximum atomic E-state index is 11.3. The van der Waals surface area contributed by atoms with Crippen molar-refractivity contribution in [1.82, 2.24) is 4.98 Å². The molecule has 5 heteroatoms. The second-order valence-electron chi connectivity index (χ2n) is 4.43. The number of hydrogen-bond donors (Lipinski definition) is 1. The number of halogens is 1. The number of nitrogens with zero attached hydrogens (tertiary/aromatic N) is 1. The van der Waals surface area contributed by atoms with Crippen LogP contribution in [0.3, 0.4) is 0 Å². The molecule has 100 valence electrons. The fourth-order valence-electron chi connectivity index (χ4n) is 1.95. The first-order chi connectivity index (χ1) is 9.04. The Morgan fingerprint density at radius 1 is 1.47 bits per heavy atom. The number of aromatic nitrogens is 1. The first-order valence-electron chi connectivity index (χ1n) is 5.93. The zero-order valence-corrected chi connectivity index (χ0v) is 12.0. The number of aliphatic carboxylic acids is 1. The maximum absolute atomic E-state index is 11.3. The Labute approximate surface area is 120 Å². The molecule has 2 aromatic rings. The number of carboxylic acids is 1. The van der Waals surface area contributed by atoms with E-state index in [1.807, 2.05) is 30.5 Å². The molecule has 2 rings (SSSR count). The van der Waals surface area contributed by atoms with Crippen LogP contribution in [0.2, 0.25) is 5.02 Å². The van der Waals surface area contributed by atoms with E-state index in [4.69, 9.17) is 11.6 Å². The highest BCUT2D eigenvalue weighted by atomic mass is 35.5. The van der Waals surface area contributed by atoms with Crippen LogP contribution in [0.25, 0.3) is 0 Å². The molecule has 1 heterocycles. The predicted octanol–water partition coefficient (Wildman–Crippen LogP) is 3.59. The Balaban J connectivity index is 2.10. The smallest absolute Gasteiger partial charge is 0.307 e. The van der Waals surface area contributed by atoms with Crippen molar-refractivity contribution in [3.05, 3.63) is 50.9 Å². The van der Waals surface area contributed by atoms with Crippen molar-refractivity contribution >= 4 is 28.9 Å². The lowest BCUT2D eigenvalue weighted by molar-refractivity contribution is -0.141. The fourth-order valence-corrected chi connectivity index (χ4v) is 2.79. The number of thiazole rings is 1. The average molecular weight is 296 g/mol. The molecule has 0 aliphatic carbocycles. The van der Waals surface area contributed by atoms with Gasteiger partial charge in [0.25, 0.3) is 0 Å². The summed E-state index contributed by atoms with van der Waals surface area (Å²) in [7, 11) is 0. The molecule has 1 N–H and O–H groups in total. The van der Waals surface area contributed by atoms with E-state index < -0.39 is 11.9 Å². The largest absolute Gasteiger partial charge is 0.481 e. The number of carbonyl (C=O) groups is 1. The van der Waals surface area contributed by atoms with Gasteiger partial charge in [-0.3, -0.25) is 4.79 Å². The summed E-state index contributed by atoms with van der Waals surface area (Å²) in [4.78, 5) is 15.7. The molecule has 0 aliphatic heterocycles. The van der Waals surface area contributed by atoms with E-state index in [0.29, 0.717) is 17.9 Å². The van der Waals surface area contributed by atoms with E-state index in [1.165, 1.54) is 0 Å². The molecule has 0 fully saturated rings. The quantitative estimate of drug-likeness (QED) is 0.917. The third-order valence-corrected chi connectivity index (χ3v) is 3.90. The Bertz CT molecular complexity index is 582. The van der Waals surface area contributed by atoms with E-state index in [1.54, 1.807) is 17.4 Å². The summed E-state index contributed by atoms with van der Waals surface area (Å²) < 4.78 is 0. The van der Waals surface area contributed by atoms with Gasteiger partial charge in [0.15, 0.2) is 0 Å². The van der Waals surface area contributed by atoms with Crippen LogP contribution >= 0.6 is 22.9 Å². The van der Waals surface area contributed by atoms with Gasteiger partial charge < -0.3 is 5.11 Å². The Morgan fingerprint density at radius 3 is 2.84 bits per heavy atom. The Morgan fingerprint density at radius 2 is 2.26 bits per heavy atom. The van der Waals surface area contributed by atoms with Crippen LogP contribution in [0.5, 0.6) is 0 Å². The molecule has 0 saturated heterocycles. The molecule has 0 spiro atoms. The summed E-state index contributed by atoms with van der Waals surface area (Å²) in [5, 5.41) is 12.8. The van der Waals surface area contributed by atoms with Crippen molar-refractivity contribution in [2.24, 2.45) is 5.92 Å². The third kappa shape index (κ3) is 4.04. The molecule has 19 heavy (non-hydrogen) atoms. The molecule has 1 aromatic heterocycles. The van der Waals surface area contributed by atoms with Crippen molar-refractivity contribution < 1.29 is 9.90 Å². The SMILES string of the molecule is Cc1nc(CC(Cc2cccc(Cl)c2)C(=O)O)cs1. The first-order valence-corrected chi connectivity index (χ1v) is 7.18. The lowest BCUT2D eigenvalue weighted by Crippen LogP contribution is -2.19. The number of hydrogen-bond acceptors (Lipinski definition) is 3. The molecule has 1 aromatic carbocycles. The van der Waals surface area contributed by atoms with Gasteiger partial charge in [-0.1, -0.05) is 23.7 Å². The molecule has 0 saturated carbocycles. The molecule has 0 aliphatic rings. The van der Waals surface area contributed by atoms with E-state index in [0.717, 1.165) is 16.3 Å². The number of rotatable bonds is 5. The van der Waals surface area contributed by atoms with Gasteiger partial charge in [0, 0.05) is 16.8 Å². The van der Waals surface area contributed by atoms with Crippen molar-refractivity contribution in [3.63, 3.8) is 0 Å². The zero-order valence-electron chi connectivity index (χ0n) is 10.5. The van der Waals surface area contributed by atoms with Crippen LogP contribution < -0.4 is 0 Å². The average Bonchev–Trinajstić information content (AvgIpc) is 2.74. The summed E-state index contributed by atoms with van der Waals surface area (Å²) in [6.45, 7) is 1.92. The summed E-state index contributed by atoms with van der Waals surface area (Å²) in [5.41, 5.74) is 1.78. The van der Waals surface area contributed by atoms with Crippen molar-refractivity contribution in [3.8, 4) is 0 Å². The van der Waals surface area contributed by atoms with E-state index in [9.17, 15) is 9.90 Å². The zero-order chi connectivity index (χ0) is 13.8. The van der Waals surface area contributed by atoms with Gasteiger partial charge >= 0.3 is 5.97 Å². The maximum Gasteiger partial charge on any atom is 0.307 e. The molecule has 1 atom stereocenters. The lowest BCUT2D eigenvalue weighted by atomic mass is 9.95. The van der Waals surface area contributed by atoms with E-state index >= 15 is 0 Å². The number of benzene rings is 1. The minimum atomic E-state index is -0.800. The number of carboxylic acid groups (broad SMARTS) is 1. The van der Waals surface area contributed by atoms with Gasteiger partial charge in [-0.2, -0.15) is 0 Å². The van der Waals surface area contributed by atoms with Crippen LogP contribution in [-0.2, 0) is 17.6 Å². The molecule has 0 radical (unpaired) electrons. The summed E-state index contributed by atoms with van der Waals surface area (Å²) in [6.07, 6.45) is 0.915. The van der Waals surface area contributed by atoms with E-state index in [-0.39, 0.29) is 0 Å². The van der Waals surface area contributed by atoms with Gasteiger partial charge in [0.05, 0.1) is 16.6 Å². The van der Waals surface area contributed by atoms with Crippen molar-refractivity contribution in [2.45, 2.75) is 19.8 Å². The molecular formula is C14H14ClNO2S. The van der Waals surface area contributed by atoms with Crippen LogP contribution in [0, 0.1) is 12.8 Å². The Kier molecular flexibility index (Phi) is 4.56. The van der Waals surface area contributed by atoms with Gasteiger partial charge in [0.2, 0.25) is 0 Å². The highest BCUT2D eigenvalue weighted by Gasteiger charge is 2.20. The molecule has 3 nitrogen and oxygen atoms in total. The van der Waals surface area contributed by atoms with Crippen LogP contribution in [0.4, 0.5) is 0 Å². The fraction of sp³-hybridized carbons (Fsp3) is 0.286. The normalized spacial score (nSPS) is 12.3. The molecule has 1 unspecified atom stereocenters. The van der Waals surface area contributed by atoms with Gasteiger partial charge in [-0.05, 0) is 31.0 Å².